The third-order valence-electron chi connectivity index (χ3n) is 3.54. The molecule has 7 nitrogen and oxygen atoms in total. The van der Waals surface area contributed by atoms with E-state index in [1.165, 1.54) is 17.7 Å². The SMILES string of the molecule is Cc1nc(Nc2ncnc(Nc3ncc(C(F)(F)F)cc3Cl)c2N)sc1C. The van der Waals surface area contributed by atoms with Crippen LogP contribution in [0.4, 0.5) is 41.4 Å². The molecule has 0 aliphatic carbocycles. The van der Waals surface area contributed by atoms with E-state index in [1.807, 2.05) is 13.8 Å². The van der Waals surface area contributed by atoms with Gasteiger partial charge in [-0.15, -0.1) is 11.3 Å². The quantitative estimate of drug-likeness (QED) is 0.568. The van der Waals surface area contributed by atoms with Gasteiger partial charge in [-0.1, -0.05) is 11.6 Å². The summed E-state index contributed by atoms with van der Waals surface area (Å²) in [6.45, 7) is 3.82. The number of alkyl halides is 3. The number of aromatic nitrogens is 4. The van der Waals surface area contributed by atoms with Gasteiger partial charge in [-0.25, -0.2) is 19.9 Å². The summed E-state index contributed by atoms with van der Waals surface area (Å²) >= 11 is 7.33. The van der Waals surface area contributed by atoms with Gasteiger partial charge in [0.05, 0.1) is 16.3 Å². The normalized spacial score (nSPS) is 11.5. The predicted molar refractivity (Wildman–Crippen MR) is 98.8 cm³/mol. The van der Waals surface area contributed by atoms with Crippen LogP contribution in [0, 0.1) is 13.8 Å². The lowest BCUT2D eigenvalue weighted by Crippen LogP contribution is -2.08. The van der Waals surface area contributed by atoms with E-state index in [4.69, 9.17) is 17.3 Å². The number of hydrogen-bond donors (Lipinski definition) is 3. The minimum Gasteiger partial charge on any atom is -0.393 e. The second-order valence-corrected chi connectivity index (χ2v) is 7.06. The van der Waals surface area contributed by atoms with Gasteiger partial charge >= 0.3 is 6.18 Å². The van der Waals surface area contributed by atoms with Gasteiger partial charge in [0.25, 0.3) is 0 Å². The molecular weight excluding hydrogens is 403 g/mol. The van der Waals surface area contributed by atoms with Gasteiger partial charge in [-0.3, -0.25) is 0 Å². The maximum Gasteiger partial charge on any atom is 0.417 e. The molecule has 0 spiro atoms. The van der Waals surface area contributed by atoms with Crippen LogP contribution in [0.2, 0.25) is 5.02 Å². The first-order chi connectivity index (χ1) is 12.6. The molecule has 0 amide bonds. The lowest BCUT2D eigenvalue weighted by molar-refractivity contribution is -0.137. The molecule has 0 aromatic carbocycles. The van der Waals surface area contributed by atoms with Crippen LogP contribution in [0.3, 0.4) is 0 Å². The van der Waals surface area contributed by atoms with E-state index >= 15 is 0 Å². The van der Waals surface area contributed by atoms with Gasteiger partial charge in [0.1, 0.15) is 17.8 Å². The number of pyridine rings is 1. The summed E-state index contributed by atoms with van der Waals surface area (Å²) in [5, 5.41) is 6.10. The molecule has 142 valence electrons. The summed E-state index contributed by atoms with van der Waals surface area (Å²) in [5.74, 6) is 0.429. The Hall–Kier alpha value is -2.66. The highest BCUT2D eigenvalue weighted by Crippen LogP contribution is 2.35. The fourth-order valence-corrected chi connectivity index (χ4v) is 3.05. The van der Waals surface area contributed by atoms with Crippen LogP contribution in [-0.4, -0.2) is 19.9 Å². The molecule has 3 aromatic heterocycles. The Balaban J connectivity index is 1.86. The van der Waals surface area contributed by atoms with E-state index in [-0.39, 0.29) is 22.3 Å². The smallest absolute Gasteiger partial charge is 0.393 e. The second kappa shape index (κ2) is 7.16. The zero-order valence-corrected chi connectivity index (χ0v) is 15.6. The largest absolute Gasteiger partial charge is 0.417 e. The van der Waals surface area contributed by atoms with Gasteiger partial charge in [0, 0.05) is 11.1 Å². The van der Waals surface area contributed by atoms with Crippen LogP contribution in [-0.2, 0) is 6.18 Å². The van der Waals surface area contributed by atoms with Crippen molar-refractivity contribution in [1.82, 2.24) is 19.9 Å². The zero-order valence-electron chi connectivity index (χ0n) is 14.0. The van der Waals surface area contributed by atoms with Gasteiger partial charge in [0.15, 0.2) is 16.8 Å². The van der Waals surface area contributed by atoms with Crippen molar-refractivity contribution in [1.29, 1.82) is 0 Å². The molecule has 0 saturated carbocycles. The van der Waals surface area contributed by atoms with E-state index in [0.29, 0.717) is 17.1 Å². The van der Waals surface area contributed by atoms with Crippen molar-refractivity contribution in [3.8, 4) is 0 Å². The number of nitrogens with zero attached hydrogens (tertiary/aromatic N) is 4. The Labute approximate surface area is 160 Å². The van der Waals surface area contributed by atoms with Crippen molar-refractivity contribution in [3.63, 3.8) is 0 Å². The highest BCUT2D eigenvalue weighted by atomic mass is 35.5. The van der Waals surface area contributed by atoms with Crippen LogP contribution in [0.1, 0.15) is 16.1 Å². The number of nitrogens with two attached hydrogens (primary N) is 1. The average Bonchev–Trinajstić information content (AvgIpc) is 2.89. The Morgan fingerprint density at radius 1 is 1.07 bits per heavy atom. The molecule has 0 radical (unpaired) electrons. The van der Waals surface area contributed by atoms with Gasteiger partial charge < -0.3 is 16.4 Å². The van der Waals surface area contributed by atoms with E-state index in [9.17, 15) is 13.2 Å². The number of anilines is 5. The topological polar surface area (TPSA) is 102 Å². The van der Waals surface area contributed by atoms with Crippen molar-refractivity contribution in [3.05, 3.63) is 39.7 Å². The van der Waals surface area contributed by atoms with Crippen molar-refractivity contribution in [2.45, 2.75) is 20.0 Å². The molecule has 0 atom stereocenters. The minimum atomic E-state index is -4.54. The number of thiazole rings is 1. The van der Waals surface area contributed by atoms with E-state index in [1.54, 1.807) is 0 Å². The van der Waals surface area contributed by atoms with E-state index in [0.717, 1.165) is 16.6 Å². The molecule has 4 N–H and O–H groups in total. The van der Waals surface area contributed by atoms with Crippen LogP contribution >= 0.6 is 22.9 Å². The number of rotatable bonds is 4. The lowest BCUT2D eigenvalue weighted by atomic mass is 10.3. The second-order valence-electron chi connectivity index (χ2n) is 5.45. The van der Waals surface area contributed by atoms with E-state index < -0.39 is 11.7 Å². The fourth-order valence-electron chi connectivity index (χ4n) is 2.02. The number of nitrogen functional groups attached to an aromatic ring is 1. The molecule has 12 heteroatoms. The van der Waals surface area contributed by atoms with Crippen LogP contribution < -0.4 is 16.4 Å². The van der Waals surface area contributed by atoms with Gasteiger partial charge in [0.2, 0.25) is 0 Å². The number of halogens is 4. The van der Waals surface area contributed by atoms with Crippen molar-refractivity contribution in [2.24, 2.45) is 0 Å². The Morgan fingerprint density at radius 3 is 2.30 bits per heavy atom. The molecule has 0 aliphatic heterocycles. The van der Waals surface area contributed by atoms with Gasteiger partial charge in [-0.2, -0.15) is 13.2 Å². The van der Waals surface area contributed by atoms with Crippen molar-refractivity contribution < 1.29 is 13.2 Å². The standard InChI is InChI=1S/C15H13ClF3N7S/c1-6-7(2)27-14(24-6)26-13-10(20)12(22-5-23-13)25-11-9(16)3-8(4-21-11)15(17,18)19/h3-5H,20H2,1-2H3,(H2,21,22,23,24,25,26). The summed E-state index contributed by atoms with van der Waals surface area (Å²) in [4.78, 5) is 17.1. The fraction of sp³-hybridized carbons (Fsp3) is 0.200. The Kier molecular flexibility index (Phi) is 5.07. The molecule has 0 saturated heterocycles. The van der Waals surface area contributed by atoms with Crippen LogP contribution in [0.5, 0.6) is 0 Å². The molecule has 0 unspecified atom stereocenters. The zero-order chi connectivity index (χ0) is 19.8. The first kappa shape index (κ1) is 19.1. The summed E-state index contributed by atoms with van der Waals surface area (Å²) < 4.78 is 38.1. The molecule has 3 rings (SSSR count). The molecule has 0 aliphatic rings. The summed E-state index contributed by atoms with van der Waals surface area (Å²) in [6.07, 6.45) is -2.62. The maximum absolute atomic E-state index is 12.7. The summed E-state index contributed by atoms with van der Waals surface area (Å²) in [7, 11) is 0. The Morgan fingerprint density at radius 2 is 1.74 bits per heavy atom. The third kappa shape index (κ3) is 4.19. The van der Waals surface area contributed by atoms with Crippen LogP contribution in [0.25, 0.3) is 0 Å². The highest BCUT2D eigenvalue weighted by Gasteiger charge is 2.31. The predicted octanol–water partition coefficient (Wildman–Crippen LogP) is 4.69. The first-order valence-corrected chi connectivity index (χ1v) is 8.66. The maximum atomic E-state index is 12.7. The molecular formula is C15H13ClF3N7S. The summed E-state index contributed by atoms with van der Waals surface area (Å²) in [6, 6.07) is 0.772. The molecule has 3 heterocycles. The number of nitrogens with one attached hydrogen (secondary N) is 2. The van der Waals surface area contributed by atoms with E-state index in [2.05, 4.69) is 30.6 Å². The average molecular weight is 416 g/mol. The molecule has 0 fully saturated rings. The Bertz CT molecular complexity index is 971. The number of aryl methyl sites for hydroxylation is 2. The van der Waals surface area contributed by atoms with Crippen LogP contribution in [0.15, 0.2) is 18.6 Å². The van der Waals surface area contributed by atoms with Crippen molar-refractivity contribution in [2.75, 3.05) is 16.4 Å². The highest BCUT2D eigenvalue weighted by molar-refractivity contribution is 7.15. The monoisotopic (exact) mass is 415 g/mol. The molecule has 0 bridgehead atoms. The number of hydrogen-bond acceptors (Lipinski definition) is 8. The summed E-state index contributed by atoms with van der Waals surface area (Å²) in [5.41, 5.74) is 6.12. The minimum absolute atomic E-state index is 0.0121. The third-order valence-corrected chi connectivity index (χ3v) is 4.82. The van der Waals surface area contributed by atoms with Crippen molar-refractivity contribution >= 4 is 51.2 Å². The van der Waals surface area contributed by atoms with Gasteiger partial charge in [-0.05, 0) is 19.9 Å². The first-order valence-electron chi connectivity index (χ1n) is 7.46. The molecule has 27 heavy (non-hydrogen) atoms. The molecule has 3 aromatic rings. The lowest BCUT2D eigenvalue weighted by Gasteiger charge is -2.13.